The summed E-state index contributed by atoms with van der Waals surface area (Å²) in [4.78, 5) is 14.8. The first kappa shape index (κ1) is 20.9. The SMILES string of the molecule is CCCCCc1cc2sc(C(=O)OC3CCC(CCCCC)CC3)cc2s1. The molecule has 0 amide bonds. The molecule has 2 heterocycles. The van der Waals surface area contributed by atoms with Gasteiger partial charge in [0.1, 0.15) is 11.0 Å². The maximum absolute atomic E-state index is 12.6. The van der Waals surface area contributed by atoms with E-state index in [0.717, 1.165) is 23.6 Å². The Balaban J connectivity index is 1.46. The number of hydrogen-bond donors (Lipinski definition) is 0. The molecule has 0 saturated heterocycles. The van der Waals surface area contributed by atoms with Gasteiger partial charge >= 0.3 is 5.97 Å². The molecule has 2 aromatic rings. The van der Waals surface area contributed by atoms with Crippen LogP contribution in [-0.2, 0) is 11.2 Å². The third kappa shape index (κ3) is 6.05. The molecule has 0 spiro atoms. The number of thiophene rings is 2. The molecule has 150 valence electrons. The molecule has 2 nitrogen and oxygen atoms in total. The fraction of sp³-hybridized carbons (Fsp3) is 0.696. The van der Waals surface area contributed by atoms with Gasteiger partial charge in [0.05, 0.1) is 0 Å². The monoisotopic (exact) mass is 406 g/mol. The van der Waals surface area contributed by atoms with E-state index in [2.05, 4.69) is 19.9 Å². The Morgan fingerprint density at radius 2 is 1.67 bits per heavy atom. The summed E-state index contributed by atoms with van der Waals surface area (Å²) in [7, 11) is 0. The fourth-order valence-corrected chi connectivity index (χ4v) is 6.44. The Hall–Kier alpha value is -0.870. The third-order valence-corrected chi connectivity index (χ3v) is 8.10. The van der Waals surface area contributed by atoms with Crippen LogP contribution in [0.3, 0.4) is 0 Å². The van der Waals surface area contributed by atoms with Gasteiger partial charge in [-0.25, -0.2) is 4.79 Å². The van der Waals surface area contributed by atoms with Crippen LogP contribution in [0.5, 0.6) is 0 Å². The highest BCUT2D eigenvalue weighted by atomic mass is 32.1. The standard InChI is InChI=1S/C23H34O2S2/c1-3-5-7-9-17-11-13-18(14-12-17)25-23(24)22-16-21-20(27-22)15-19(26-21)10-8-6-4-2/h15-18H,3-14H2,1-2H3. The summed E-state index contributed by atoms with van der Waals surface area (Å²) < 4.78 is 8.33. The van der Waals surface area contributed by atoms with Crippen molar-refractivity contribution < 1.29 is 9.53 Å². The molecule has 3 rings (SSSR count). The molecule has 1 saturated carbocycles. The maximum Gasteiger partial charge on any atom is 0.348 e. The Bertz CT molecular complexity index is 676. The summed E-state index contributed by atoms with van der Waals surface area (Å²) in [5, 5.41) is 0. The number of fused-ring (bicyclic) bond motifs is 1. The second kappa shape index (κ2) is 10.6. The topological polar surface area (TPSA) is 26.3 Å². The third-order valence-electron chi connectivity index (χ3n) is 5.77. The number of carbonyl (C=O) groups is 1. The van der Waals surface area contributed by atoms with Gasteiger partial charge in [-0.2, -0.15) is 0 Å². The first-order valence-corrected chi connectivity index (χ1v) is 12.6. The normalized spacial score (nSPS) is 20.2. The van der Waals surface area contributed by atoms with E-state index in [1.807, 2.05) is 17.4 Å². The van der Waals surface area contributed by atoms with Crippen molar-refractivity contribution in [1.82, 2.24) is 0 Å². The van der Waals surface area contributed by atoms with E-state index in [-0.39, 0.29) is 12.1 Å². The Morgan fingerprint density at radius 1 is 0.963 bits per heavy atom. The molecular weight excluding hydrogens is 372 g/mol. The smallest absolute Gasteiger partial charge is 0.348 e. The molecule has 0 N–H and O–H groups in total. The molecule has 0 unspecified atom stereocenters. The lowest BCUT2D eigenvalue weighted by atomic mass is 9.84. The molecule has 0 atom stereocenters. The van der Waals surface area contributed by atoms with Gasteiger partial charge in [-0.3, -0.25) is 0 Å². The van der Waals surface area contributed by atoms with Crippen LogP contribution >= 0.6 is 22.7 Å². The van der Waals surface area contributed by atoms with E-state index in [1.165, 1.54) is 78.5 Å². The zero-order chi connectivity index (χ0) is 19.1. The molecular formula is C23H34O2S2. The lowest BCUT2D eigenvalue weighted by Gasteiger charge is -2.28. The van der Waals surface area contributed by atoms with Crippen LogP contribution in [0.15, 0.2) is 12.1 Å². The van der Waals surface area contributed by atoms with Crippen molar-refractivity contribution in [2.45, 2.75) is 97.0 Å². The minimum absolute atomic E-state index is 0.106. The van der Waals surface area contributed by atoms with Gasteiger partial charge in [-0.1, -0.05) is 52.4 Å². The molecule has 0 aromatic carbocycles. The van der Waals surface area contributed by atoms with Crippen LogP contribution in [0, 0.1) is 5.92 Å². The van der Waals surface area contributed by atoms with E-state index < -0.39 is 0 Å². The van der Waals surface area contributed by atoms with E-state index in [0.29, 0.717) is 0 Å². The number of hydrogen-bond acceptors (Lipinski definition) is 4. The second-order valence-electron chi connectivity index (χ2n) is 8.05. The first-order chi connectivity index (χ1) is 13.2. The van der Waals surface area contributed by atoms with E-state index in [4.69, 9.17) is 4.74 Å². The predicted molar refractivity (Wildman–Crippen MR) is 118 cm³/mol. The van der Waals surface area contributed by atoms with Crippen molar-refractivity contribution in [1.29, 1.82) is 0 Å². The van der Waals surface area contributed by atoms with E-state index >= 15 is 0 Å². The predicted octanol–water partition coefficient (Wildman–Crippen LogP) is 7.99. The quantitative estimate of drug-likeness (QED) is 0.295. The van der Waals surface area contributed by atoms with Gasteiger partial charge < -0.3 is 4.74 Å². The zero-order valence-electron chi connectivity index (χ0n) is 16.9. The fourth-order valence-electron chi connectivity index (χ4n) is 4.09. The van der Waals surface area contributed by atoms with Gasteiger partial charge in [0, 0.05) is 14.3 Å². The molecule has 1 aliphatic rings. The Kier molecular flexibility index (Phi) is 8.20. The molecule has 0 radical (unpaired) electrons. The average Bonchev–Trinajstić information content (AvgIpc) is 3.22. The summed E-state index contributed by atoms with van der Waals surface area (Å²) in [6, 6.07) is 4.32. The van der Waals surface area contributed by atoms with Crippen molar-refractivity contribution in [3.63, 3.8) is 0 Å². The van der Waals surface area contributed by atoms with Gasteiger partial charge in [0.25, 0.3) is 0 Å². The van der Waals surface area contributed by atoms with Gasteiger partial charge in [0.15, 0.2) is 0 Å². The minimum atomic E-state index is -0.106. The van der Waals surface area contributed by atoms with Crippen molar-refractivity contribution in [2.75, 3.05) is 0 Å². The van der Waals surface area contributed by atoms with Crippen molar-refractivity contribution in [3.05, 3.63) is 21.9 Å². The average molecular weight is 407 g/mol. The van der Waals surface area contributed by atoms with Crippen LogP contribution in [-0.4, -0.2) is 12.1 Å². The van der Waals surface area contributed by atoms with Crippen LogP contribution in [0.25, 0.3) is 9.40 Å². The number of carbonyl (C=O) groups excluding carboxylic acids is 1. The molecule has 0 aliphatic heterocycles. The van der Waals surface area contributed by atoms with E-state index in [1.54, 1.807) is 11.3 Å². The highest BCUT2D eigenvalue weighted by Gasteiger charge is 2.25. The lowest BCUT2D eigenvalue weighted by Crippen LogP contribution is -2.24. The number of unbranched alkanes of at least 4 members (excludes halogenated alkanes) is 4. The molecule has 27 heavy (non-hydrogen) atoms. The second-order valence-corrected chi connectivity index (χ2v) is 10.3. The zero-order valence-corrected chi connectivity index (χ0v) is 18.6. The first-order valence-electron chi connectivity index (χ1n) is 10.9. The molecule has 0 bridgehead atoms. The highest BCUT2D eigenvalue weighted by Crippen LogP contribution is 2.35. The number of rotatable bonds is 10. The van der Waals surface area contributed by atoms with Crippen molar-refractivity contribution in [3.8, 4) is 0 Å². The Labute approximate surface area is 172 Å². The molecule has 1 fully saturated rings. The Morgan fingerprint density at radius 3 is 2.37 bits per heavy atom. The summed E-state index contributed by atoms with van der Waals surface area (Å²) in [5.41, 5.74) is 0. The van der Waals surface area contributed by atoms with Gasteiger partial charge in [-0.15, -0.1) is 22.7 Å². The largest absolute Gasteiger partial charge is 0.458 e. The van der Waals surface area contributed by atoms with Gasteiger partial charge in [-0.05, 0) is 56.6 Å². The van der Waals surface area contributed by atoms with E-state index in [9.17, 15) is 4.79 Å². The number of esters is 1. The summed E-state index contributed by atoms with van der Waals surface area (Å²) in [6.07, 6.45) is 15.0. The molecule has 2 aromatic heterocycles. The van der Waals surface area contributed by atoms with Crippen molar-refractivity contribution in [2.24, 2.45) is 5.92 Å². The number of ether oxygens (including phenoxy) is 1. The molecule has 1 aliphatic carbocycles. The van der Waals surface area contributed by atoms with Crippen LogP contribution in [0.4, 0.5) is 0 Å². The van der Waals surface area contributed by atoms with Crippen molar-refractivity contribution >= 4 is 38.0 Å². The van der Waals surface area contributed by atoms with Crippen LogP contribution in [0.1, 0.15) is 99.0 Å². The maximum atomic E-state index is 12.6. The number of aryl methyl sites for hydroxylation is 1. The van der Waals surface area contributed by atoms with Crippen LogP contribution in [0.2, 0.25) is 0 Å². The summed E-state index contributed by atoms with van der Waals surface area (Å²) >= 11 is 3.45. The molecule has 4 heteroatoms. The van der Waals surface area contributed by atoms with Gasteiger partial charge in [0.2, 0.25) is 0 Å². The minimum Gasteiger partial charge on any atom is -0.458 e. The van der Waals surface area contributed by atoms with Crippen LogP contribution < -0.4 is 0 Å². The lowest BCUT2D eigenvalue weighted by molar-refractivity contribution is 0.0166. The summed E-state index contributed by atoms with van der Waals surface area (Å²) in [5.74, 6) is 0.745. The highest BCUT2D eigenvalue weighted by molar-refractivity contribution is 7.28. The summed E-state index contributed by atoms with van der Waals surface area (Å²) in [6.45, 7) is 4.50.